The van der Waals surface area contributed by atoms with Gasteiger partial charge in [0.15, 0.2) is 5.69 Å². The number of hydrogen-bond donors (Lipinski definition) is 1. The maximum Gasteiger partial charge on any atom is 0.356 e. The van der Waals surface area contributed by atoms with Crippen LogP contribution < -0.4 is 0 Å². The number of carboxylic acid groups (broad SMARTS) is 1. The minimum absolute atomic E-state index is 0.0304. The van der Waals surface area contributed by atoms with Crippen molar-refractivity contribution in [3.63, 3.8) is 0 Å². The lowest BCUT2D eigenvalue weighted by atomic mass is 10.2. The number of hydrogen-bond acceptors (Lipinski definition) is 4. The van der Waals surface area contributed by atoms with E-state index in [4.69, 9.17) is 5.11 Å². The molecule has 3 aromatic rings. The highest BCUT2D eigenvalue weighted by Gasteiger charge is 2.16. The third kappa shape index (κ3) is 2.51. The van der Waals surface area contributed by atoms with E-state index in [1.54, 1.807) is 24.7 Å². The predicted molar refractivity (Wildman–Crippen MR) is 76.3 cm³/mol. The van der Waals surface area contributed by atoms with Gasteiger partial charge in [-0.15, -0.1) is 0 Å². The molecular formula is C15H12N4O2. The summed E-state index contributed by atoms with van der Waals surface area (Å²) in [5.41, 5.74) is 2.97. The number of aryl methyl sites for hydroxylation is 1. The summed E-state index contributed by atoms with van der Waals surface area (Å²) < 4.78 is 1.54. The van der Waals surface area contributed by atoms with E-state index in [1.807, 2.05) is 25.1 Å². The molecule has 0 saturated carbocycles. The molecule has 6 heteroatoms. The zero-order chi connectivity index (χ0) is 14.8. The lowest BCUT2D eigenvalue weighted by Crippen LogP contribution is -2.03. The van der Waals surface area contributed by atoms with Gasteiger partial charge in [0, 0.05) is 18.5 Å². The van der Waals surface area contributed by atoms with Crippen LogP contribution in [0.5, 0.6) is 0 Å². The SMILES string of the molecule is Cc1ccnc(-c2cc(C(=O)O)nn2-c2cccnc2)c1. The molecule has 6 nitrogen and oxygen atoms in total. The van der Waals surface area contributed by atoms with E-state index in [2.05, 4.69) is 15.1 Å². The second kappa shape index (κ2) is 5.16. The summed E-state index contributed by atoms with van der Waals surface area (Å²) in [5, 5.41) is 13.3. The summed E-state index contributed by atoms with van der Waals surface area (Å²) >= 11 is 0. The van der Waals surface area contributed by atoms with Crippen LogP contribution in [0, 0.1) is 6.92 Å². The summed E-state index contributed by atoms with van der Waals surface area (Å²) in [4.78, 5) is 19.5. The normalized spacial score (nSPS) is 10.5. The fourth-order valence-corrected chi connectivity index (χ4v) is 2.02. The van der Waals surface area contributed by atoms with Crippen molar-refractivity contribution in [1.82, 2.24) is 19.7 Å². The number of pyridine rings is 2. The van der Waals surface area contributed by atoms with Gasteiger partial charge < -0.3 is 5.11 Å². The average Bonchev–Trinajstić information content (AvgIpc) is 2.93. The summed E-state index contributed by atoms with van der Waals surface area (Å²) in [6.07, 6.45) is 4.96. The number of carbonyl (C=O) groups is 1. The zero-order valence-corrected chi connectivity index (χ0v) is 11.3. The molecule has 0 fully saturated rings. The van der Waals surface area contributed by atoms with Gasteiger partial charge in [-0.3, -0.25) is 9.97 Å². The molecule has 1 N–H and O–H groups in total. The van der Waals surface area contributed by atoms with Crippen LogP contribution in [-0.4, -0.2) is 30.8 Å². The third-order valence-corrected chi connectivity index (χ3v) is 3.00. The summed E-state index contributed by atoms with van der Waals surface area (Å²) in [7, 11) is 0. The van der Waals surface area contributed by atoms with Gasteiger partial charge in [0.1, 0.15) is 0 Å². The van der Waals surface area contributed by atoms with Gasteiger partial charge in [-0.25, -0.2) is 9.48 Å². The first kappa shape index (κ1) is 13.0. The van der Waals surface area contributed by atoms with Crippen LogP contribution >= 0.6 is 0 Å². The molecule has 3 heterocycles. The molecule has 0 spiro atoms. The van der Waals surface area contributed by atoms with Crippen molar-refractivity contribution < 1.29 is 9.90 Å². The average molecular weight is 280 g/mol. The molecule has 0 aliphatic heterocycles. The van der Waals surface area contributed by atoms with Crippen LogP contribution in [0.2, 0.25) is 0 Å². The van der Waals surface area contributed by atoms with Crippen molar-refractivity contribution in [1.29, 1.82) is 0 Å². The lowest BCUT2D eigenvalue weighted by Gasteiger charge is -2.06. The molecule has 0 bridgehead atoms. The highest BCUT2D eigenvalue weighted by atomic mass is 16.4. The highest BCUT2D eigenvalue weighted by Crippen LogP contribution is 2.22. The van der Waals surface area contributed by atoms with Gasteiger partial charge in [-0.1, -0.05) is 0 Å². The second-order valence-electron chi connectivity index (χ2n) is 4.56. The largest absolute Gasteiger partial charge is 0.476 e. The maximum absolute atomic E-state index is 11.2. The van der Waals surface area contributed by atoms with Gasteiger partial charge in [-0.2, -0.15) is 5.10 Å². The quantitative estimate of drug-likeness (QED) is 0.796. The Labute approximate surface area is 120 Å². The predicted octanol–water partition coefficient (Wildman–Crippen LogP) is 2.34. The first-order valence-electron chi connectivity index (χ1n) is 6.32. The Kier molecular flexibility index (Phi) is 3.19. The molecule has 0 aliphatic rings. The standard InChI is InChI=1S/C15H12N4O2/c1-10-4-6-17-12(7-10)14-8-13(15(20)21)18-19(14)11-3-2-5-16-9-11/h2-9H,1H3,(H,20,21). The molecule has 0 atom stereocenters. The van der Waals surface area contributed by atoms with Crippen molar-refractivity contribution in [3.05, 3.63) is 60.2 Å². The Bertz CT molecular complexity index is 796. The topological polar surface area (TPSA) is 80.9 Å². The monoisotopic (exact) mass is 280 g/mol. The Morgan fingerprint density at radius 1 is 1.24 bits per heavy atom. The first-order valence-corrected chi connectivity index (χ1v) is 6.32. The van der Waals surface area contributed by atoms with Crippen molar-refractivity contribution in [2.45, 2.75) is 6.92 Å². The summed E-state index contributed by atoms with van der Waals surface area (Å²) in [5.74, 6) is -1.08. The van der Waals surface area contributed by atoms with E-state index in [9.17, 15) is 4.79 Å². The Hall–Kier alpha value is -3.02. The number of aromatic carboxylic acids is 1. The van der Waals surface area contributed by atoms with Gasteiger partial charge in [-0.05, 0) is 36.8 Å². The van der Waals surface area contributed by atoms with Gasteiger partial charge >= 0.3 is 5.97 Å². The number of nitrogens with zero attached hydrogens (tertiary/aromatic N) is 4. The Balaban J connectivity index is 2.21. The van der Waals surface area contributed by atoms with Crippen LogP contribution in [0.3, 0.4) is 0 Å². The molecule has 3 rings (SSSR count). The van der Waals surface area contributed by atoms with E-state index in [1.165, 1.54) is 10.7 Å². The minimum Gasteiger partial charge on any atom is -0.476 e. The smallest absolute Gasteiger partial charge is 0.356 e. The number of aromatic nitrogens is 4. The van der Waals surface area contributed by atoms with Crippen LogP contribution in [0.25, 0.3) is 17.1 Å². The lowest BCUT2D eigenvalue weighted by molar-refractivity contribution is 0.0690. The number of rotatable bonds is 3. The molecule has 0 amide bonds. The zero-order valence-electron chi connectivity index (χ0n) is 11.3. The molecule has 0 aliphatic carbocycles. The van der Waals surface area contributed by atoms with Crippen molar-refractivity contribution >= 4 is 5.97 Å². The molecule has 0 saturated heterocycles. The van der Waals surface area contributed by atoms with Crippen LogP contribution in [-0.2, 0) is 0 Å². The van der Waals surface area contributed by atoms with Crippen molar-refractivity contribution in [2.24, 2.45) is 0 Å². The third-order valence-electron chi connectivity index (χ3n) is 3.00. The summed E-state index contributed by atoms with van der Waals surface area (Å²) in [6, 6.07) is 8.86. The maximum atomic E-state index is 11.2. The minimum atomic E-state index is -1.08. The fourth-order valence-electron chi connectivity index (χ4n) is 2.02. The summed E-state index contributed by atoms with van der Waals surface area (Å²) in [6.45, 7) is 1.95. The first-order chi connectivity index (χ1) is 10.1. The van der Waals surface area contributed by atoms with Gasteiger partial charge in [0.05, 0.1) is 23.3 Å². The van der Waals surface area contributed by atoms with E-state index in [-0.39, 0.29) is 5.69 Å². The number of carboxylic acids is 1. The van der Waals surface area contributed by atoms with Crippen LogP contribution in [0.15, 0.2) is 48.9 Å². The van der Waals surface area contributed by atoms with Crippen molar-refractivity contribution in [3.8, 4) is 17.1 Å². The Morgan fingerprint density at radius 2 is 2.10 bits per heavy atom. The molecule has 3 aromatic heterocycles. The van der Waals surface area contributed by atoms with Crippen LogP contribution in [0.4, 0.5) is 0 Å². The van der Waals surface area contributed by atoms with Crippen molar-refractivity contribution in [2.75, 3.05) is 0 Å². The van der Waals surface area contributed by atoms with E-state index in [0.29, 0.717) is 17.1 Å². The van der Waals surface area contributed by atoms with Gasteiger partial charge in [0.25, 0.3) is 0 Å². The molecule has 21 heavy (non-hydrogen) atoms. The molecule has 0 radical (unpaired) electrons. The highest BCUT2D eigenvalue weighted by molar-refractivity contribution is 5.87. The van der Waals surface area contributed by atoms with Crippen LogP contribution in [0.1, 0.15) is 16.1 Å². The fraction of sp³-hybridized carbons (Fsp3) is 0.0667. The van der Waals surface area contributed by atoms with E-state index < -0.39 is 5.97 Å². The molecule has 104 valence electrons. The van der Waals surface area contributed by atoms with E-state index in [0.717, 1.165) is 5.56 Å². The molecular weight excluding hydrogens is 268 g/mol. The second-order valence-corrected chi connectivity index (χ2v) is 4.56. The van der Waals surface area contributed by atoms with Gasteiger partial charge in [0.2, 0.25) is 0 Å². The molecule has 0 aromatic carbocycles. The Morgan fingerprint density at radius 3 is 2.76 bits per heavy atom. The van der Waals surface area contributed by atoms with E-state index >= 15 is 0 Å². The molecule has 0 unspecified atom stereocenters.